The van der Waals surface area contributed by atoms with Crippen LogP contribution in [0, 0.1) is 0 Å². The van der Waals surface area contributed by atoms with Gasteiger partial charge in [0.1, 0.15) is 17.8 Å². The van der Waals surface area contributed by atoms with E-state index >= 15 is 0 Å². The third-order valence-corrected chi connectivity index (χ3v) is 4.23. The van der Waals surface area contributed by atoms with Crippen LogP contribution in [-0.4, -0.2) is 50.3 Å². The summed E-state index contributed by atoms with van der Waals surface area (Å²) in [5, 5.41) is 6.73. The molecule has 0 bridgehead atoms. The second-order valence-electron chi connectivity index (χ2n) is 5.09. The van der Waals surface area contributed by atoms with E-state index in [1.165, 1.54) is 6.33 Å². The lowest BCUT2D eigenvalue weighted by Crippen LogP contribution is -2.33. The first kappa shape index (κ1) is 14.3. The van der Waals surface area contributed by atoms with Gasteiger partial charge in [0.05, 0.1) is 12.1 Å². The van der Waals surface area contributed by atoms with Gasteiger partial charge >= 0.3 is 0 Å². The van der Waals surface area contributed by atoms with Gasteiger partial charge < -0.3 is 14.2 Å². The fourth-order valence-corrected chi connectivity index (χ4v) is 3.24. The Morgan fingerprint density at radius 1 is 1.57 bits per heavy atom. The lowest BCUT2D eigenvalue weighted by molar-refractivity contribution is 0.0675. The van der Waals surface area contributed by atoms with Crippen molar-refractivity contribution in [3.05, 3.63) is 34.6 Å². The quantitative estimate of drug-likeness (QED) is 0.907. The summed E-state index contributed by atoms with van der Waals surface area (Å²) in [6.45, 7) is 0.545. The van der Waals surface area contributed by atoms with Gasteiger partial charge in [0.2, 0.25) is 0 Å². The van der Waals surface area contributed by atoms with Crippen molar-refractivity contribution in [1.82, 2.24) is 24.6 Å². The number of methoxy groups -OCH3 is 1. The van der Waals surface area contributed by atoms with E-state index in [1.807, 2.05) is 23.9 Å². The standard InChI is InChI=1S/C13H16BrN5O2/c1-18-5-8(14)3-11(18)13(20)19-6-9(21-2)4-10(19)12-15-7-16-17-12/h3,5,7,9-10H,4,6H2,1-2H3,(H,15,16,17)/t9-,10+/m1/s1. The second-order valence-corrected chi connectivity index (χ2v) is 6.01. The molecule has 2 atom stereocenters. The summed E-state index contributed by atoms with van der Waals surface area (Å²) in [6.07, 6.45) is 4.04. The maximum Gasteiger partial charge on any atom is 0.271 e. The summed E-state index contributed by atoms with van der Waals surface area (Å²) >= 11 is 3.39. The fraction of sp³-hybridized carbons (Fsp3) is 0.462. The van der Waals surface area contributed by atoms with Crippen molar-refractivity contribution in [2.75, 3.05) is 13.7 Å². The molecule has 0 aliphatic carbocycles. The van der Waals surface area contributed by atoms with Crippen LogP contribution in [0.2, 0.25) is 0 Å². The van der Waals surface area contributed by atoms with Crippen molar-refractivity contribution >= 4 is 21.8 Å². The van der Waals surface area contributed by atoms with Crippen LogP contribution in [0.15, 0.2) is 23.1 Å². The molecule has 0 radical (unpaired) electrons. The number of aromatic amines is 1. The predicted octanol–water partition coefficient (Wildman–Crippen LogP) is 1.51. The number of aromatic nitrogens is 4. The Bertz CT molecular complexity index is 639. The van der Waals surface area contributed by atoms with Crippen LogP contribution in [-0.2, 0) is 11.8 Å². The minimum absolute atomic E-state index is 0.00718. The molecule has 112 valence electrons. The number of likely N-dealkylation sites (tertiary alicyclic amines) is 1. The predicted molar refractivity (Wildman–Crippen MR) is 78.7 cm³/mol. The van der Waals surface area contributed by atoms with E-state index < -0.39 is 0 Å². The van der Waals surface area contributed by atoms with Crippen LogP contribution < -0.4 is 0 Å². The van der Waals surface area contributed by atoms with Gasteiger partial charge in [-0.15, -0.1) is 0 Å². The van der Waals surface area contributed by atoms with Gasteiger partial charge in [-0.3, -0.25) is 9.89 Å². The Labute approximate surface area is 130 Å². The number of aryl methyl sites for hydroxylation is 1. The summed E-state index contributed by atoms with van der Waals surface area (Å²) in [4.78, 5) is 18.8. The van der Waals surface area contributed by atoms with E-state index in [1.54, 1.807) is 12.0 Å². The third-order valence-electron chi connectivity index (χ3n) is 3.80. The van der Waals surface area contributed by atoms with Gasteiger partial charge in [0, 0.05) is 37.8 Å². The van der Waals surface area contributed by atoms with Crippen LogP contribution in [0.25, 0.3) is 0 Å². The molecule has 1 aliphatic heterocycles. The molecule has 1 fully saturated rings. The molecule has 8 heteroatoms. The van der Waals surface area contributed by atoms with Crippen LogP contribution in [0.5, 0.6) is 0 Å². The van der Waals surface area contributed by atoms with Crippen molar-refractivity contribution in [2.24, 2.45) is 7.05 Å². The number of nitrogens with one attached hydrogen (secondary N) is 1. The van der Waals surface area contributed by atoms with Crippen molar-refractivity contribution in [2.45, 2.75) is 18.6 Å². The molecular weight excluding hydrogens is 338 g/mol. The zero-order chi connectivity index (χ0) is 15.0. The highest BCUT2D eigenvalue weighted by atomic mass is 79.9. The smallest absolute Gasteiger partial charge is 0.271 e. The molecule has 7 nitrogen and oxygen atoms in total. The van der Waals surface area contributed by atoms with E-state index in [2.05, 4.69) is 31.1 Å². The number of carbonyl (C=O) groups is 1. The molecule has 1 N–H and O–H groups in total. The average Bonchev–Trinajstić information content (AvgIpc) is 3.16. The van der Waals surface area contributed by atoms with E-state index in [0.717, 1.165) is 4.47 Å². The number of rotatable bonds is 3. The number of H-pyrrole nitrogens is 1. The van der Waals surface area contributed by atoms with Crippen molar-refractivity contribution in [3.63, 3.8) is 0 Å². The van der Waals surface area contributed by atoms with Gasteiger partial charge in [-0.1, -0.05) is 0 Å². The van der Waals surface area contributed by atoms with Gasteiger partial charge in [0.15, 0.2) is 0 Å². The first-order chi connectivity index (χ1) is 10.1. The van der Waals surface area contributed by atoms with Crippen LogP contribution in [0.4, 0.5) is 0 Å². The van der Waals surface area contributed by atoms with Crippen LogP contribution in [0.1, 0.15) is 28.8 Å². The summed E-state index contributed by atoms with van der Waals surface area (Å²) in [6, 6.07) is 1.68. The number of hydrogen-bond acceptors (Lipinski definition) is 4. The summed E-state index contributed by atoms with van der Waals surface area (Å²) in [5.41, 5.74) is 0.628. The van der Waals surface area contributed by atoms with Gasteiger partial charge in [-0.2, -0.15) is 5.10 Å². The molecule has 0 saturated carbocycles. The lowest BCUT2D eigenvalue weighted by Gasteiger charge is -2.22. The number of hydrogen-bond donors (Lipinski definition) is 1. The molecule has 21 heavy (non-hydrogen) atoms. The molecular formula is C13H16BrN5O2. The molecule has 0 aromatic carbocycles. The monoisotopic (exact) mass is 353 g/mol. The molecule has 0 spiro atoms. The largest absolute Gasteiger partial charge is 0.380 e. The first-order valence-corrected chi connectivity index (χ1v) is 7.40. The van der Waals surface area contributed by atoms with Gasteiger partial charge in [0.25, 0.3) is 5.91 Å². The lowest BCUT2D eigenvalue weighted by atomic mass is 10.2. The zero-order valence-corrected chi connectivity index (χ0v) is 13.4. The maximum absolute atomic E-state index is 12.8. The Balaban J connectivity index is 1.91. The zero-order valence-electron chi connectivity index (χ0n) is 11.8. The van der Waals surface area contributed by atoms with E-state index in [0.29, 0.717) is 24.5 Å². The SMILES string of the molecule is CO[C@@H]1C[C@@H](c2ncn[nH]2)N(C(=O)c2cc(Br)cn2C)C1. The summed E-state index contributed by atoms with van der Waals surface area (Å²) < 4.78 is 8.11. The molecule has 1 amide bonds. The summed E-state index contributed by atoms with van der Waals surface area (Å²) in [5.74, 6) is 0.653. The Morgan fingerprint density at radius 3 is 2.95 bits per heavy atom. The Morgan fingerprint density at radius 2 is 2.38 bits per heavy atom. The Hall–Kier alpha value is -1.67. The molecule has 3 heterocycles. The first-order valence-electron chi connectivity index (χ1n) is 6.61. The highest BCUT2D eigenvalue weighted by Gasteiger charge is 2.39. The molecule has 1 saturated heterocycles. The molecule has 3 rings (SSSR count). The number of carbonyl (C=O) groups excluding carboxylic acids is 1. The van der Waals surface area contributed by atoms with Crippen molar-refractivity contribution in [1.29, 1.82) is 0 Å². The molecule has 1 aliphatic rings. The number of amides is 1. The van der Waals surface area contributed by atoms with Crippen LogP contribution in [0.3, 0.4) is 0 Å². The highest BCUT2D eigenvalue weighted by molar-refractivity contribution is 9.10. The van der Waals surface area contributed by atoms with E-state index in [-0.39, 0.29) is 18.1 Å². The minimum Gasteiger partial charge on any atom is -0.380 e. The van der Waals surface area contributed by atoms with Crippen molar-refractivity contribution < 1.29 is 9.53 Å². The van der Waals surface area contributed by atoms with Gasteiger partial charge in [-0.25, -0.2) is 4.98 Å². The van der Waals surface area contributed by atoms with Crippen LogP contribution >= 0.6 is 15.9 Å². The number of halogens is 1. The number of nitrogens with zero attached hydrogens (tertiary/aromatic N) is 4. The highest BCUT2D eigenvalue weighted by Crippen LogP contribution is 2.32. The van der Waals surface area contributed by atoms with E-state index in [4.69, 9.17) is 4.74 Å². The van der Waals surface area contributed by atoms with Crippen molar-refractivity contribution in [3.8, 4) is 0 Å². The topological polar surface area (TPSA) is 76.0 Å². The fourth-order valence-electron chi connectivity index (χ4n) is 2.71. The summed E-state index contributed by atoms with van der Waals surface area (Å²) in [7, 11) is 3.51. The molecule has 0 unspecified atom stereocenters. The molecule has 2 aromatic rings. The van der Waals surface area contributed by atoms with E-state index in [9.17, 15) is 4.79 Å². The number of ether oxygens (including phenoxy) is 1. The van der Waals surface area contributed by atoms with Gasteiger partial charge in [-0.05, 0) is 22.0 Å². The normalized spacial score (nSPS) is 22.0. The molecule has 2 aromatic heterocycles. The maximum atomic E-state index is 12.8. The minimum atomic E-state index is -0.140. The third kappa shape index (κ3) is 2.60. The average molecular weight is 354 g/mol. The second kappa shape index (κ2) is 5.61. The Kier molecular flexibility index (Phi) is 3.81.